The molecule has 1 aromatic carbocycles. The van der Waals surface area contributed by atoms with Crippen LogP contribution in [-0.4, -0.2) is 43.8 Å². The van der Waals surface area contributed by atoms with Crippen molar-refractivity contribution in [3.8, 4) is 0 Å². The molecule has 128 valence electrons. The van der Waals surface area contributed by atoms with E-state index in [2.05, 4.69) is 10.1 Å². The molecule has 2 heterocycles. The predicted octanol–water partition coefficient (Wildman–Crippen LogP) is 1.81. The number of aliphatic hydroxyl groups is 1. The number of likely N-dealkylation sites (tertiary alicyclic amines) is 1. The summed E-state index contributed by atoms with van der Waals surface area (Å²) in [6, 6.07) is 9.38. The molecule has 1 fully saturated rings. The first-order chi connectivity index (χ1) is 11.5. The molecule has 6 heteroatoms. The van der Waals surface area contributed by atoms with E-state index < -0.39 is 5.60 Å². The molecule has 1 aliphatic heterocycles. The molecule has 2 unspecified atom stereocenters. The van der Waals surface area contributed by atoms with E-state index in [1.54, 1.807) is 13.3 Å². The van der Waals surface area contributed by atoms with Gasteiger partial charge >= 0.3 is 0 Å². The quantitative estimate of drug-likeness (QED) is 0.909. The van der Waals surface area contributed by atoms with Crippen LogP contribution in [-0.2, 0) is 16.9 Å². The minimum absolute atomic E-state index is 0.00661. The molecule has 3 rings (SSSR count). The lowest BCUT2D eigenvalue weighted by Crippen LogP contribution is -2.43. The maximum Gasteiger partial charge on any atom is 0.225 e. The van der Waals surface area contributed by atoms with Gasteiger partial charge in [-0.25, -0.2) is 4.98 Å². The maximum absolute atomic E-state index is 12.7. The van der Waals surface area contributed by atoms with E-state index in [4.69, 9.17) is 0 Å². The smallest absolute Gasteiger partial charge is 0.225 e. The molecule has 24 heavy (non-hydrogen) atoms. The Morgan fingerprint density at radius 1 is 1.38 bits per heavy atom. The standard InChI is InChI=1S/C18H24N4O2/c1-18(24,16-7-3-2-4-8-16)10-17(23)21-9-5-6-15(11-21)12-22-14-19-13-20-22/h2-4,7-8,13-15,24H,5-6,9-12H2,1H3. The van der Waals surface area contributed by atoms with Crippen LogP contribution in [0.25, 0.3) is 0 Å². The molecule has 0 bridgehead atoms. The van der Waals surface area contributed by atoms with Crippen molar-refractivity contribution in [1.82, 2.24) is 19.7 Å². The van der Waals surface area contributed by atoms with Crippen molar-refractivity contribution in [3.05, 3.63) is 48.5 Å². The van der Waals surface area contributed by atoms with Gasteiger partial charge in [0.25, 0.3) is 0 Å². The van der Waals surface area contributed by atoms with Gasteiger partial charge in [-0.1, -0.05) is 30.3 Å². The van der Waals surface area contributed by atoms with Crippen molar-refractivity contribution in [2.24, 2.45) is 5.92 Å². The van der Waals surface area contributed by atoms with Crippen molar-refractivity contribution in [2.75, 3.05) is 13.1 Å². The first-order valence-corrected chi connectivity index (χ1v) is 8.43. The van der Waals surface area contributed by atoms with E-state index in [9.17, 15) is 9.90 Å². The summed E-state index contributed by atoms with van der Waals surface area (Å²) in [4.78, 5) is 18.5. The Balaban J connectivity index is 1.60. The lowest BCUT2D eigenvalue weighted by atomic mass is 9.91. The molecular weight excluding hydrogens is 304 g/mol. The highest BCUT2D eigenvalue weighted by molar-refractivity contribution is 5.77. The summed E-state index contributed by atoms with van der Waals surface area (Å²) in [7, 11) is 0. The number of benzene rings is 1. The van der Waals surface area contributed by atoms with Crippen LogP contribution in [0.2, 0.25) is 0 Å². The number of aromatic nitrogens is 3. The van der Waals surface area contributed by atoms with Crippen molar-refractivity contribution >= 4 is 5.91 Å². The van der Waals surface area contributed by atoms with Crippen LogP contribution < -0.4 is 0 Å². The summed E-state index contributed by atoms with van der Waals surface area (Å²) < 4.78 is 1.82. The Bertz CT molecular complexity index is 655. The van der Waals surface area contributed by atoms with E-state index >= 15 is 0 Å². The van der Waals surface area contributed by atoms with Crippen molar-refractivity contribution in [2.45, 2.75) is 38.3 Å². The van der Waals surface area contributed by atoms with Crippen LogP contribution in [0.4, 0.5) is 0 Å². The Morgan fingerprint density at radius 3 is 2.88 bits per heavy atom. The zero-order chi connectivity index (χ0) is 17.0. The van der Waals surface area contributed by atoms with Crippen molar-refractivity contribution in [1.29, 1.82) is 0 Å². The number of carbonyl (C=O) groups excluding carboxylic acids is 1. The van der Waals surface area contributed by atoms with Gasteiger partial charge in [-0.05, 0) is 31.2 Å². The Hall–Kier alpha value is -2.21. The first kappa shape index (κ1) is 16.6. The zero-order valence-corrected chi connectivity index (χ0v) is 14.0. The molecule has 2 atom stereocenters. The topological polar surface area (TPSA) is 71.2 Å². The summed E-state index contributed by atoms with van der Waals surface area (Å²) in [5.41, 5.74) is -0.369. The van der Waals surface area contributed by atoms with Gasteiger partial charge in [0, 0.05) is 19.6 Å². The first-order valence-electron chi connectivity index (χ1n) is 8.43. The van der Waals surface area contributed by atoms with E-state index in [0.29, 0.717) is 12.5 Å². The van der Waals surface area contributed by atoms with E-state index in [0.717, 1.165) is 31.5 Å². The molecule has 0 saturated carbocycles. The van der Waals surface area contributed by atoms with E-state index in [1.165, 1.54) is 6.33 Å². The molecule has 2 aromatic rings. The summed E-state index contributed by atoms with van der Waals surface area (Å²) >= 11 is 0. The van der Waals surface area contributed by atoms with Crippen LogP contribution in [0.15, 0.2) is 43.0 Å². The molecule has 6 nitrogen and oxygen atoms in total. The maximum atomic E-state index is 12.7. The van der Waals surface area contributed by atoms with E-state index in [1.807, 2.05) is 39.9 Å². The second-order valence-corrected chi connectivity index (χ2v) is 6.78. The van der Waals surface area contributed by atoms with Gasteiger partial charge in [0.15, 0.2) is 0 Å². The molecule has 0 spiro atoms. The fraction of sp³-hybridized carbons (Fsp3) is 0.500. The van der Waals surface area contributed by atoms with Gasteiger partial charge in [-0.2, -0.15) is 5.10 Å². The van der Waals surface area contributed by atoms with Crippen LogP contribution in [0, 0.1) is 5.92 Å². The highest BCUT2D eigenvalue weighted by Crippen LogP contribution is 2.27. The van der Waals surface area contributed by atoms with Gasteiger partial charge in [0.05, 0.1) is 12.0 Å². The molecule has 0 radical (unpaired) electrons. The summed E-state index contributed by atoms with van der Waals surface area (Å²) in [5.74, 6) is 0.387. The Kier molecular flexibility index (Phi) is 4.94. The Labute approximate surface area is 142 Å². The summed E-state index contributed by atoms with van der Waals surface area (Å²) in [6.45, 7) is 3.96. The van der Waals surface area contributed by atoms with Gasteiger partial charge in [0.1, 0.15) is 12.7 Å². The van der Waals surface area contributed by atoms with E-state index in [-0.39, 0.29) is 12.3 Å². The third kappa shape index (κ3) is 4.00. The number of rotatable bonds is 5. The number of hydrogen-bond donors (Lipinski definition) is 1. The highest BCUT2D eigenvalue weighted by atomic mass is 16.3. The van der Waals surface area contributed by atoms with Crippen molar-refractivity contribution < 1.29 is 9.90 Å². The third-order valence-electron chi connectivity index (χ3n) is 4.67. The molecule has 0 aliphatic carbocycles. The van der Waals surface area contributed by atoms with Gasteiger partial charge in [-0.15, -0.1) is 0 Å². The number of amides is 1. The molecule has 1 saturated heterocycles. The predicted molar refractivity (Wildman–Crippen MR) is 90.0 cm³/mol. The van der Waals surface area contributed by atoms with Crippen molar-refractivity contribution in [3.63, 3.8) is 0 Å². The SMILES string of the molecule is CC(O)(CC(=O)N1CCCC(Cn2cncn2)C1)c1ccccc1. The normalized spacial score (nSPS) is 20.6. The summed E-state index contributed by atoms with van der Waals surface area (Å²) in [6.07, 6.45) is 5.41. The average molecular weight is 328 g/mol. The Morgan fingerprint density at radius 2 is 2.17 bits per heavy atom. The fourth-order valence-corrected chi connectivity index (χ4v) is 3.34. The number of piperidine rings is 1. The third-order valence-corrected chi connectivity index (χ3v) is 4.67. The number of hydrogen-bond acceptors (Lipinski definition) is 4. The zero-order valence-electron chi connectivity index (χ0n) is 14.0. The highest BCUT2D eigenvalue weighted by Gasteiger charge is 2.31. The second kappa shape index (κ2) is 7.13. The minimum Gasteiger partial charge on any atom is -0.385 e. The molecule has 1 aliphatic rings. The van der Waals surface area contributed by atoms with Crippen LogP contribution in [0.3, 0.4) is 0 Å². The van der Waals surface area contributed by atoms with Crippen LogP contribution in [0.5, 0.6) is 0 Å². The van der Waals surface area contributed by atoms with Gasteiger partial charge in [0.2, 0.25) is 5.91 Å². The van der Waals surface area contributed by atoms with Crippen LogP contribution >= 0.6 is 0 Å². The monoisotopic (exact) mass is 328 g/mol. The van der Waals surface area contributed by atoms with Gasteiger partial charge < -0.3 is 10.0 Å². The van der Waals surface area contributed by atoms with Gasteiger partial charge in [-0.3, -0.25) is 9.48 Å². The molecule has 1 N–H and O–H groups in total. The molecular formula is C18H24N4O2. The average Bonchev–Trinajstić information content (AvgIpc) is 3.08. The summed E-state index contributed by atoms with van der Waals surface area (Å²) in [5, 5.41) is 14.8. The minimum atomic E-state index is -1.14. The lowest BCUT2D eigenvalue weighted by molar-refractivity contribution is -0.138. The fourth-order valence-electron chi connectivity index (χ4n) is 3.34. The molecule has 1 aromatic heterocycles. The molecule has 1 amide bonds. The van der Waals surface area contributed by atoms with Crippen LogP contribution in [0.1, 0.15) is 31.7 Å². The number of nitrogens with zero attached hydrogens (tertiary/aromatic N) is 4. The number of carbonyl (C=O) groups is 1. The second-order valence-electron chi connectivity index (χ2n) is 6.78. The largest absolute Gasteiger partial charge is 0.385 e. The lowest BCUT2D eigenvalue weighted by Gasteiger charge is -2.34.